The van der Waals surface area contributed by atoms with E-state index in [4.69, 9.17) is 0 Å². The number of amides is 1. The molecule has 0 unspecified atom stereocenters. The van der Waals surface area contributed by atoms with Gasteiger partial charge in [-0.3, -0.25) is 9.36 Å². The molecule has 0 atom stereocenters. The van der Waals surface area contributed by atoms with Gasteiger partial charge in [-0.05, 0) is 32.9 Å². The maximum atomic E-state index is 12.1. The average molecular weight is 307 g/mol. The van der Waals surface area contributed by atoms with E-state index in [9.17, 15) is 4.79 Å². The lowest BCUT2D eigenvalue weighted by Crippen LogP contribution is -2.13. The molecule has 1 N–H and O–H groups in total. The van der Waals surface area contributed by atoms with Crippen LogP contribution in [0.2, 0.25) is 0 Å². The van der Waals surface area contributed by atoms with Gasteiger partial charge in [-0.15, -0.1) is 0 Å². The van der Waals surface area contributed by atoms with Crippen LogP contribution in [-0.4, -0.2) is 25.4 Å². The summed E-state index contributed by atoms with van der Waals surface area (Å²) in [6, 6.07) is 9.02. The number of anilines is 1. The van der Waals surface area contributed by atoms with Crippen LogP contribution in [0.4, 0.5) is 5.69 Å². The monoisotopic (exact) mass is 307 g/mol. The van der Waals surface area contributed by atoms with Gasteiger partial charge >= 0.3 is 0 Å². The molecule has 2 aromatic heterocycles. The molecule has 0 saturated carbocycles. The predicted molar refractivity (Wildman–Crippen MR) is 87.8 cm³/mol. The lowest BCUT2D eigenvalue weighted by molar-refractivity contribution is 0.102. The molecule has 0 aliphatic rings. The Kier molecular flexibility index (Phi) is 3.89. The number of nitrogens with one attached hydrogen (secondary N) is 1. The van der Waals surface area contributed by atoms with Crippen molar-refractivity contribution in [3.63, 3.8) is 0 Å². The van der Waals surface area contributed by atoms with Crippen molar-refractivity contribution in [2.45, 2.75) is 20.8 Å². The summed E-state index contributed by atoms with van der Waals surface area (Å²) in [7, 11) is 0. The number of aromatic nitrogens is 4. The third-order valence-electron chi connectivity index (χ3n) is 3.64. The van der Waals surface area contributed by atoms with E-state index in [0.717, 1.165) is 17.2 Å². The van der Waals surface area contributed by atoms with Gasteiger partial charge in [0.2, 0.25) is 5.95 Å². The summed E-state index contributed by atoms with van der Waals surface area (Å²) in [6.07, 6.45) is 3.19. The number of imidazole rings is 1. The Balaban J connectivity index is 1.81. The van der Waals surface area contributed by atoms with E-state index in [1.807, 2.05) is 43.5 Å². The van der Waals surface area contributed by atoms with Gasteiger partial charge in [-0.2, -0.15) is 0 Å². The zero-order valence-electron chi connectivity index (χ0n) is 13.2. The molecule has 0 bridgehead atoms. The number of nitrogens with zero attached hydrogens (tertiary/aromatic N) is 4. The van der Waals surface area contributed by atoms with Crippen molar-refractivity contribution in [1.82, 2.24) is 19.5 Å². The van der Waals surface area contributed by atoms with E-state index >= 15 is 0 Å². The van der Waals surface area contributed by atoms with E-state index in [1.165, 1.54) is 0 Å². The van der Waals surface area contributed by atoms with Crippen LogP contribution in [0, 0.1) is 20.8 Å². The van der Waals surface area contributed by atoms with E-state index < -0.39 is 0 Å². The van der Waals surface area contributed by atoms with Gasteiger partial charge in [-0.25, -0.2) is 15.0 Å². The van der Waals surface area contributed by atoms with Gasteiger partial charge in [0.15, 0.2) is 0 Å². The van der Waals surface area contributed by atoms with Gasteiger partial charge in [0.05, 0.1) is 23.8 Å². The molecular weight excluding hydrogens is 290 g/mol. The third kappa shape index (κ3) is 2.96. The van der Waals surface area contributed by atoms with Crippen LogP contribution in [0.5, 0.6) is 0 Å². The lowest BCUT2D eigenvalue weighted by Gasteiger charge is -2.08. The Bertz CT molecular complexity index is 837. The molecule has 6 heteroatoms. The molecule has 1 aromatic carbocycles. The Labute approximate surface area is 134 Å². The number of carbonyl (C=O) groups is 1. The molecule has 0 saturated heterocycles. The minimum atomic E-state index is -0.187. The summed E-state index contributed by atoms with van der Waals surface area (Å²) in [6.45, 7) is 5.84. The van der Waals surface area contributed by atoms with Crippen molar-refractivity contribution in [3.8, 4) is 5.95 Å². The van der Waals surface area contributed by atoms with E-state index in [1.54, 1.807) is 24.5 Å². The first-order chi connectivity index (χ1) is 11.1. The number of hydrogen-bond donors (Lipinski definition) is 1. The molecule has 3 rings (SSSR count). The molecule has 116 valence electrons. The minimum Gasteiger partial charge on any atom is -0.319 e. The molecule has 2 heterocycles. The van der Waals surface area contributed by atoms with Crippen LogP contribution < -0.4 is 5.32 Å². The topological polar surface area (TPSA) is 72.7 Å². The second kappa shape index (κ2) is 6.00. The summed E-state index contributed by atoms with van der Waals surface area (Å²) < 4.78 is 1.89. The number of hydrogen-bond acceptors (Lipinski definition) is 4. The fourth-order valence-electron chi connectivity index (χ4n) is 2.37. The Morgan fingerprint density at radius 1 is 1.04 bits per heavy atom. The molecule has 0 aliphatic heterocycles. The van der Waals surface area contributed by atoms with Gasteiger partial charge in [0, 0.05) is 11.3 Å². The Morgan fingerprint density at radius 3 is 2.26 bits per heavy atom. The molecule has 6 nitrogen and oxygen atoms in total. The largest absolute Gasteiger partial charge is 0.319 e. The van der Waals surface area contributed by atoms with Gasteiger partial charge in [0.25, 0.3) is 5.91 Å². The molecule has 1 amide bonds. The van der Waals surface area contributed by atoms with Crippen LogP contribution in [0.15, 0.2) is 42.7 Å². The number of rotatable bonds is 3. The zero-order chi connectivity index (χ0) is 16.4. The zero-order valence-corrected chi connectivity index (χ0v) is 13.2. The minimum absolute atomic E-state index is 0.187. The average Bonchev–Trinajstić information content (AvgIpc) is 2.82. The van der Waals surface area contributed by atoms with Crippen LogP contribution in [0.1, 0.15) is 27.6 Å². The molecule has 3 aromatic rings. The number of benzene rings is 1. The predicted octanol–water partition coefficient (Wildman–Crippen LogP) is 2.84. The van der Waals surface area contributed by atoms with Gasteiger partial charge in [-0.1, -0.05) is 18.2 Å². The molecule has 23 heavy (non-hydrogen) atoms. The molecular formula is C17H17N5O. The van der Waals surface area contributed by atoms with E-state index in [2.05, 4.69) is 20.3 Å². The van der Waals surface area contributed by atoms with Crippen molar-refractivity contribution in [2.24, 2.45) is 0 Å². The highest BCUT2D eigenvalue weighted by atomic mass is 16.1. The quantitative estimate of drug-likeness (QED) is 0.807. The van der Waals surface area contributed by atoms with Gasteiger partial charge < -0.3 is 5.32 Å². The number of aryl methyl sites for hydroxylation is 2. The third-order valence-corrected chi connectivity index (χ3v) is 3.64. The first-order valence-electron chi connectivity index (χ1n) is 7.27. The first kappa shape index (κ1) is 14.9. The summed E-state index contributed by atoms with van der Waals surface area (Å²) in [4.78, 5) is 25.2. The van der Waals surface area contributed by atoms with E-state index in [0.29, 0.717) is 17.2 Å². The highest BCUT2D eigenvalue weighted by molar-refractivity contribution is 6.04. The van der Waals surface area contributed by atoms with Crippen molar-refractivity contribution in [1.29, 1.82) is 0 Å². The fourth-order valence-corrected chi connectivity index (χ4v) is 2.37. The second-order valence-corrected chi connectivity index (χ2v) is 5.26. The highest BCUT2D eigenvalue weighted by Gasteiger charge is 2.12. The van der Waals surface area contributed by atoms with Crippen molar-refractivity contribution in [2.75, 3.05) is 5.32 Å². The van der Waals surface area contributed by atoms with Gasteiger partial charge in [0.1, 0.15) is 5.82 Å². The molecule has 0 aliphatic carbocycles. The summed E-state index contributed by atoms with van der Waals surface area (Å²) in [5.74, 6) is 1.19. The van der Waals surface area contributed by atoms with E-state index in [-0.39, 0.29) is 5.91 Å². The Morgan fingerprint density at radius 2 is 1.70 bits per heavy atom. The number of carbonyl (C=O) groups excluding carboxylic acids is 1. The van der Waals surface area contributed by atoms with Crippen molar-refractivity contribution in [3.05, 3.63) is 65.5 Å². The maximum absolute atomic E-state index is 12.1. The van der Waals surface area contributed by atoms with Crippen molar-refractivity contribution >= 4 is 11.6 Å². The smallest absolute Gasteiger partial charge is 0.255 e. The summed E-state index contributed by atoms with van der Waals surface area (Å²) in [5, 5.41) is 2.78. The summed E-state index contributed by atoms with van der Waals surface area (Å²) in [5.41, 5.74) is 3.10. The fraction of sp³-hybridized carbons (Fsp3) is 0.176. The maximum Gasteiger partial charge on any atom is 0.255 e. The Hall–Kier alpha value is -3.02. The van der Waals surface area contributed by atoms with Crippen molar-refractivity contribution < 1.29 is 4.79 Å². The van der Waals surface area contributed by atoms with Crippen LogP contribution in [-0.2, 0) is 0 Å². The SMILES string of the molecule is Cc1nc(C)n(-c2ncc(NC(=O)c3ccccc3)cn2)c1C. The van der Waals surface area contributed by atoms with Crippen LogP contribution in [0.3, 0.4) is 0 Å². The second-order valence-electron chi connectivity index (χ2n) is 5.26. The first-order valence-corrected chi connectivity index (χ1v) is 7.27. The summed E-state index contributed by atoms with van der Waals surface area (Å²) >= 11 is 0. The molecule has 0 spiro atoms. The highest BCUT2D eigenvalue weighted by Crippen LogP contribution is 2.15. The normalized spacial score (nSPS) is 10.6. The molecule has 0 fully saturated rings. The van der Waals surface area contributed by atoms with Crippen LogP contribution >= 0.6 is 0 Å². The molecule has 0 radical (unpaired) electrons. The standard InChI is InChI=1S/C17H17N5O/c1-11-12(2)22(13(3)20-11)17-18-9-15(10-19-17)21-16(23)14-7-5-4-6-8-14/h4-10H,1-3H3,(H,21,23). The lowest BCUT2D eigenvalue weighted by atomic mass is 10.2. The van der Waals surface area contributed by atoms with Crippen LogP contribution in [0.25, 0.3) is 5.95 Å².